The van der Waals surface area contributed by atoms with E-state index in [9.17, 15) is 35.9 Å². The Kier molecular flexibility index (Phi) is 8.65. The van der Waals surface area contributed by atoms with E-state index in [2.05, 4.69) is 31.9 Å². The predicted octanol–water partition coefficient (Wildman–Crippen LogP) is 9.06. The summed E-state index contributed by atoms with van der Waals surface area (Å²) >= 11 is 6.34. The highest BCUT2D eigenvalue weighted by molar-refractivity contribution is 9.10. The van der Waals surface area contributed by atoms with Crippen molar-refractivity contribution in [1.82, 2.24) is 0 Å². The highest BCUT2D eigenvalue weighted by Crippen LogP contribution is 2.56. The van der Waals surface area contributed by atoms with Gasteiger partial charge in [-0.3, -0.25) is 0 Å². The van der Waals surface area contributed by atoms with E-state index in [1.165, 1.54) is 12.1 Å². The standard InChI is InChI=1S/C29H16Br2F6O4/c30-23-7-3-1-5-21(23)25(38)40-19-13-9-17(10-14-19)27(28(32,33)34,29(35,36)37)18-11-15-20(16-12-18)41-26(39)22-6-2-4-8-24(22)31/h1-16H. The molecule has 4 aromatic rings. The lowest BCUT2D eigenvalue weighted by Gasteiger charge is -2.38. The van der Waals surface area contributed by atoms with Gasteiger partial charge in [0.05, 0.1) is 11.1 Å². The maximum atomic E-state index is 14.5. The molecule has 0 heterocycles. The van der Waals surface area contributed by atoms with Crippen LogP contribution in [0.3, 0.4) is 0 Å². The minimum absolute atomic E-state index is 0.108. The normalized spacial score (nSPS) is 12.1. The van der Waals surface area contributed by atoms with Crippen molar-refractivity contribution in [2.24, 2.45) is 0 Å². The Morgan fingerprint density at radius 2 is 0.829 bits per heavy atom. The monoisotopic (exact) mass is 700 g/mol. The molecule has 0 unspecified atom stereocenters. The van der Waals surface area contributed by atoms with Crippen LogP contribution in [-0.2, 0) is 5.41 Å². The van der Waals surface area contributed by atoms with Crippen molar-refractivity contribution < 1.29 is 45.4 Å². The molecule has 0 saturated heterocycles. The average Bonchev–Trinajstić information content (AvgIpc) is 2.90. The Bertz CT molecular complexity index is 1450. The van der Waals surface area contributed by atoms with Crippen molar-refractivity contribution in [1.29, 1.82) is 0 Å². The van der Waals surface area contributed by atoms with E-state index >= 15 is 0 Å². The predicted molar refractivity (Wildman–Crippen MR) is 144 cm³/mol. The molecule has 0 aromatic heterocycles. The second-order valence-electron chi connectivity index (χ2n) is 8.53. The minimum Gasteiger partial charge on any atom is -0.423 e. The smallest absolute Gasteiger partial charge is 0.411 e. The Balaban J connectivity index is 1.69. The van der Waals surface area contributed by atoms with Gasteiger partial charge in [-0.25, -0.2) is 9.59 Å². The molecule has 4 rings (SSSR count). The molecule has 0 saturated carbocycles. The summed E-state index contributed by atoms with van der Waals surface area (Å²) < 4.78 is 98.0. The summed E-state index contributed by atoms with van der Waals surface area (Å²) in [5.74, 6) is -2.25. The van der Waals surface area contributed by atoms with Gasteiger partial charge in [-0.2, -0.15) is 26.3 Å². The summed E-state index contributed by atoms with van der Waals surface area (Å²) in [6, 6.07) is 18.2. The third-order valence-electron chi connectivity index (χ3n) is 6.03. The van der Waals surface area contributed by atoms with Crippen molar-refractivity contribution in [3.05, 3.63) is 128 Å². The maximum absolute atomic E-state index is 14.5. The first kappa shape index (κ1) is 30.3. The zero-order valence-electron chi connectivity index (χ0n) is 20.4. The highest BCUT2D eigenvalue weighted by Gasteiger charge is 2.72. The van der Waals surface area contributed by atoms with Crippen LogP contribution in [-0.4, -0.2) is 24.3 Å². The molecule has 41 heavy (non-hydrogen) atoms. The van der Waals surface area contributed by atoms with Gasteiger partial charge in [0.1, 0.15) is 11.5 Å². The third kappa shape index (κ3) is 6.03. The first-order chi connectivity index (χ1) is 19.3. The molecule has 0 aliphatic heterocycles. The van der Waals surface area contributed by atoms with Gasteiger partial charge < -0.3 is 9.47 Å². The molecule has 212 valence electrons. The van der Waals surface area contributed by atoms with Gasteiger partial charge in [-0.1, -0.05) is 48.5 Å². The summed E-state index contributed by atoms with van der Waals surface area (Å²) in [4.78, 5) is 24.8. The van der Waals surface area contributed by atoms with Crippen LogP contribution in [0.2, 0.25) is 0 Å². The average molecular weight is 702 g/mol. The van der Waals surface area contributed by atoms with Crippen LogP contribution in [0.1, 0.15) is 31.8 Å². The Hall–Kier alpha value is -3.64. The van der Waals surface area contributed by atoms with Crippen LogP contribution in [0.5, 0.6) is 11.5 Å². The second-order valence-corrected chi connectivity index (χ2v) is 10.2. The van der Waals surface area contributed by atoms with Crippen LogP contribution in [0, 0.1) is 0 Å². The Morgan fingerprint density at radius 1 is 0.512 bits per heavy atom. The van der Waals surface area contributed by atoms with Gasteiger partial charge in [0.15, 0.2) is 0 Å². The molecule has 0 fully saturated rings. The first-order valence-electron chi connectivity index (χ1n) is 11.5. The topological polar surface area (TPSA) is 52.6 Å². The highest BCUT2D eigenvalue weighted by atomic mass is 79.9. The van der Waals surface area contributed by atoms with Gasteiger partial charge in [0.25, 0.3) is 0 Å². The van der Waals surface area contributed by atoms with Gasteiger partial charge in [0.2, 0.25) is 5.41 Å². The molecule has 0 aliphatic carbocycles. The number of carbonyl (C=O) groups excluding carboxylic acids is 2. The van der Waals surface area contributed by atoms with Crippen molar-refractivity contribution in [2.75, 3.05) is 0 Å². The van der Waals surface area contributed by atoms with Crippen molar-refractivity contribution in [3.63, 3.8) is 0 Å². The zero-order valence-corrected chi connectivity index (χ0v) is 23.6. The fourth-order valence-electron chi connectivity index (χ4n) is 4.11. The SMILES string of the molecule is O=C(Oc1ccc(C(c2ccc(OC(=O)c3ccccc3Br)cc2)(C(F)(F)F)C(F)(F)F)cc1)c1ccccc1Br. The number of hydrogen-bond donors (Lipinski definition) is 0. The number of hydrogen-bond acceptors (Lipinski definition) is 4. The van der Waals surface area contributed by atoms with E-state index in [0.717, 1.165) is 24.3 Å². The Labute approximate surface area is 246 Å². The largest absolute Gasteiger partial charge is 0.423 e. The number of esters is 2. The summed E-state index contributed by atoms with van der Waals surface area (Å²) in [5.41, 5.74) is -6.54. The number of carbonyl (C=O) groups is 2. The maximum Gasteiger partial charge on any atom is 0.411 e. The molecule has 12 heteroatoms. The zero-order chi connectivity index (χ0) is 30.0. The summed E-state index contributed by atoms with van der Waals surface area (Å²) in [6.45, 7) is 0. The van der Waals surface area contributed by atoms with Crippen LogP contribution >= 0.6 is 31.9 Å². The van der Waals surface area contributed by atoms with Crippen molar-refractivity contribution in [3.8, 4) is 11.5 Å². The van der Waals surface area contributed by atoms with E-state index in [-0.39, 0.29) is 22.6 Å². The molecule has 0 atom stereocenters. The van der Waals surface area contributed by atoms with Gasteiger partial charge >= 0.3 is 24.3 Å². The van der Waals surface area contributed by atoms with E-state index in [1.807, 2.05) is 0 Å². The molecule has 0 N–H and O–H groups in total. The molecule has 0 bridgehead atoms. The number of halogens is 8. The summed E-state index contributed by atoms with van der Waals surface area (Å²) in [7, 11) is 0. The lowest BCUT2D eigenvalue weighted by atomic mass is 9.73. The van der Waals surface area contributed by atoms with E-state index < -0.39 is 40.8 Å². The lowest BCUT2D eigenvalue weighted by molar-refractivity contribution is -0.288. The molecule has 0 aliphatic rings. The second kappa shape index (κ2) is 11.7. The Morgan fingerprint density at radius 3 is 1.12 bits per heavy atom. The van der Waals surface area contributed by atoms with E-state index in [1.54, 1.807) is 36.4 Å². The molecular weight excluding hydrogens is 686 g/mol. The minimum atomic E-state index is -5.84. The summed E-state index contributed by atoms with van der Waals surface area (Å²) in [5, 5.41) is 0. The van der Waals surface area contributed by atoms with E-state index in [4.69, 9.17) is 9.47 Å². The van der Waals surface area contributed by atoms with Crippen molar-refractivity contribution >= 4 is 43.8 Å². The van der Waals surface area contributed by atoms with Gasteiger partial charge in [-0.15, -0.1) is 0 Å². The van der Waals surface area contributed by atoms with Crippen molar-refractivity contribution in [2.45, 2.75) is 17.8 Å². The first-order valence-corrected chi connectivity index (χ1v) is 13.1. The van der Waals surface area contributed by atoms with Crippen LogP contribution < -0.4 is 9.47 Å². The third-order valence-corrected chi connectivity index (χ3v) is 7.42. The molecule has 0 spiro atoms. The van der Waals surface area contributed by atoms with Crippen LogP contribution in [0.15, 0.2) is 106 Å². The fourth-order valence-corrected chi connectivity index (χ4v) is 5.00. The molecule has 0 radical (unpaired) electrons. The quantitative estimate of drug-likeness (QED) is 0.114. The van der Waals surface area contributed by atoms with Crippen LogP contribution in [0.25, 0.3) is 0 Å². The molecule has 4 nitrogen and oxygen atoms in total. The fraction of sp³-hybridized carbons (Fsp3) is 0.103. The molecule has 4 aromatic carbocycles. The van der Waals surface area contributed by atoms with Gasteiger partial charge in [-0.05, 0) is 91.5 Å². The summed E-state index contributed by atoms with van der Waals surface area (Å²) in [6.07, 6.45) is -11.7. The number of ether oxygens (including phenoxy) is 2. The number of rotatable bonds is 6. The molecular formula is C29H16Br2F6O4. The lowest BCUT2D eigenvalue weighted by Crippen LogP contribution is -2.54. The molecule has 0 amide bonds. The number of alkyl halides is 6. The van der Waals surface area contributed by atoms with Gasteiger partial charge in [0, 0.05) is 8.95 Å². The number of benzene rings is 4. The van der Waals surface area contributed by atoms with E-state index in [0.29, 0.717) is 33.2 Å². The van der Waals surface area contributed by atoms with Crippen LogP contribution in [0.4, 0.5) is 26.3 Å².